The van der Waals surface area contributed by atoms with Crippen molar-refractivity contribution in [3.05, 3.63) is 35.9 Å². The summed E-state index contributed by atoms with van der Waals surface area (Å²) < 4.78 is 0. The second-order valence-electron chi connectivity index (χ2n) is 6.15. The molecule has 0 aromatic heterocycles. The molecular weight excluding hydrogens is 340 g/mol. The van der Waals surface area contributed by atoms with E-state index < -0.39 is 17.8 Å². The molecular formula is C18H24N2O6. The third-order valence-electron chi connectivity index (χ3n) is 4.33. The number of nitrogens with zero attached hydrogens (tertiary/aromatic N) is 2. The molecule has 1 saturated heterocycles. The van der Waals surface area contributed by atoms with Gasteiger partial charge in [-0.2, -0.15) is 0 Å². The summed E-state index contributed by atoms with van der Waals surface area (Å²) in [7, 11) is 1.67. The Morgan fingerprint density at radius 3 is 2.42 bits per heavy atom. The summed E-state index contributed by atoms with van der Waals surface area (Å²) in [5.41, 5.74) is 0.997. The molecule has 8 heteroatoms. The van der Waals surface area contributed by atoms with Crippen LogP contribution in [0.15, 0.2) is 30.3 Å². The van der Waals surface area contributed by atoms with Crippen molar-refractivity contribution in [1.29, 1.82) is 0 Å². The van der Waals surface area contributed by atoms with Crippen LogP contribution >= 0.6 is 0 Å². The van der Waals surface area contributed by atoms with Crippen LogP contribution in [-0.2, 0) is 25.7 Å². The van der Waals surface area contributed by atoms with E-state index >= 15 is 0 Å². The van der Waals surface area contributed by atoms with Crippen molar-refractivity contribution >= 4 is 23.6 Å². The molecule has 2 rings (SSSR count). The van der Waals surface area contributed by atoms with E-state index in [9.17, 15) is 19.2 Å². The van der Waals surface area contributed by atoms with Crippen LogP contribution < -0.4 is 0 Å². The Kier molecular flexibility index (Phi) is 7.92. The summed E-state index contributed by atoms with van der Waals surface area (Å²) in [6, 6.07) is 8.62. The van der Waals surface area contributed by atoms with Gasteiger partial charge in [0.2, 0.25) is 11.8 Å². The highest BCUT2D eigenvalue weighted by Crippen LogP contribution is 2.20. The number of likely N-dealkylation sites (tertiary alicyclic amines) is 1. The quantitative estimate of drug-likeness (QED) is 0.694. The fourth-order valence-electron chi connectivity index (χ4n) is 2.97. The summed E-state index contributed by atoms with van der Waals surface area (Å²) in [6.45, 7) is 0.814. The summed E-state index contributed by atoms with van der Waals surface area (Å²) in [5.74, 6) is -3.00. The van der Waals surface area contributed by atoms with Crippen LogP contribution in [-0.4, -0.2) is 63.6 Å². The van der Waals surface area contributed by atoms with Gasteiger partial charge in [0.05, 0.1) is 0 Å². The molecule has 8 nitrogen and oxygen atoms in total. The molecule has 1 aliphatic heterocycles. The molecule has 0 unspecified atom stereocenters. The van der Waals surface area contributed by atoms with Crippen molar-refractivity contribution in [2.24, 2.45) is 0 Å². The molecule has 142 valence electrons. The third kappa shape index (κ3) is 5.38. The molecule has 0 radical (unpaired) electrons. The Bertz CT molecular complexity index is 661. The number of carboxylic acid groups (broad SMARTS) is 1. The molecule has 2 amide bonds. The molecule has 0 saturated carbocycles. The lowest BCUT2D eigenvalue weighted by molar-refractivity contribution is -0.153. The van der Waals surface area contributed by atoms with Gasteiger partial charge in [0.15, 0.2) is 0 Å². The van der Waals surface area contributed by atoms with E-state index in [2.05, 4.69) is 0 Å². The maximum Gasteiger partial charge on any atom is 0.374 e. The smallest absolute Gasteiger partial charge is 0.374 e. The second kappa shape index (κ2) is 9.67. The van der Waals surface area contributed by atoms with Crippen molar-refractivity contribution in [3.8, 4) is 0 Å². The van der Waals surface area contributed by atoms with Crippen LogP contribution in [0.25, 0.3) is 0 Å². The van der Waals surface area contributed by atoms with Crippen molar-refractivity contribution in [2.45, 2.75) is 38.3 Å². The highest BCUT2D eigenvalue weighted by Gasteiger charge is 2.37. The van der Waals surface area contributed by atoms with Crippen molar-refractivity contribution < 1.29 is 29.8 Å². The molecule has 1 aromatic carbocycles. The number of hydrogen-bond donors (Lipinski definition) is 1. The Labute approximate surface area is 151 Å². The fraction of sp³-hybridized carbons (Fsp3) is 0.444. The third-order valence-corrected chi connectivity index (χ3v) is 4.33. The zero-order chi connectivity index (χ0) is 18.4. The van der Waals surface area contributed by atoms with Crippen LogP contribution in [0.3, 0.4) is 0 Å². The van der Waals surface area contributed by atoms with Crippen LogP contribution in [0.5, 0.6) is 0 Å². The minimum atomic E-state index is -1.52. The Balaban J connectivity index is 0.00000338. The first-order valence-electron chi connectivity index (χ1n) is 8.24. The lowest BCUT2D eigenvalue weighted by Crippen LogP contribution is -2.43. The first-order valence-corrected chi connectivity index (χ1v) is 8.24. The predicted octanol–water partition coefficient (Wildman–Crippen LogP) is 0.245. The molecule has 1 aromatic rings. The van der Waals surface area contributed by atoms with Gasteiger partial charge in [0.25, 0.3) is 5.78 Å². The minimum Gasteiger partial charge on any atom is -0.475 e. The predicted molar refractivity (Wildman–Crippen MR) is 93.1 cm³/mol. The second-order valence-corrected chi connectivity index (χ2v) is 6.15. The van der Waals surface area contributed by atoms with Crippen molar-refractivity contribution in [2.75, 3.05) is 13.6 Å². The van der Waals surface area contributed by atoms with Crippen LogP contribution in [0, 0.1) is 0 Å². The minimum absolute atomic E-state index is 0. The van der Waals surface area contributed by atoms with Gasteiger partial charge in [-0.25, -0.2) is 4.79 Å². The van der Waals surface area contributed by atoms with Gasteiger partial charge >= 0.3 is 5.97 Å². The largest absolute Gasteiger partial charge is 0.475 e. The SMILES string of the molecule is CN(Cc1ccccc1)C(=O)CCC(=O)N1CCC[C@H]1C(=O)C(=O)O.O. The summed E-state index contributed by atoms with van der Waals surface area (Å²) >= 11 is 0. The number of benzene rings is 1. The number of hydrogen-bond acceptors (Lipinski definition) is 4. The molecule has 1 heterocycles. The monoisotopic (exact) mass is 364 g/mol. The van der Waals surface area contributed by atoms with Gasteiger partial charge in [0, 0.05) is 33.0 Å². The number of ketones is 1. The van der Waals surface area contributed by atoms with E-state index in [-0.39, 0.29) is 30.1 Å². The Morgan fingerprint density at radius 1 is 1.15 bits per heavy atom. The average Bonchev–Trinajstić information content (AvgIpc) is 3.09. The highest BCUT2D eigenvalue weighted by molar-refractivity contribution is 6.35. The van der Waals surface area contributed by atoms with Gasteiger partial charge in [0.1, 0.15) is 6.04 Å². The summed E-state index contributed by atoms with van der Waals surface area (Å²) in [4.78, 5) is 49.8. The molecule has 1 atom stereocenters. The van der Waals surface area contributed by atoms with Crippen molar-refractivity contribution in [3.63, 3.8) is 0 Å². The van der Waals surface area contributed by atoms with E-state index in [1.807, 2.05) is 30.3 Å². The Hall–Kier alpha value is -2.74. The molecule has 3 N–H and O–H groups in total. The number of Topliss-reactive ketones (excluding diaryl/α,β-unsaturated/α-hetero) is 1. The standard InChI is InChI=1S/C18H22N2O5.H2O/c1-19(12-13-6-3-2-4-7-13)15(21)9-10-16(22)20-11-5-8-14(20)17(23)18(24)25;/h2-4,6-7,14H,5,8-12H2,1H3,(H,24,25);1H2/t14-;/m0./s1. The molecule has 0 aliphatic carbocycles. The van der Waals surface area contributed by atoms with Gasteiger partial charge in [-0.3, -0.25) is 14.4 Å². The molecule has 1 fully saturated rings. The maximum atomic E-state index is 12.3. The van der Waals surface area contributed by atoms with E-state index in [1.54, 1.807) is 11.9 Å². The van der Waals surface area contributed by atoms with Gasteiger partial charge in [-0.05, 0) is 18.4 Å². The van der Waals surface area contributed by atoms with Crippen LogP contribution in [0.1, 0.15) is 31.2 Å². The number of carboxylic acids is 1. The van der Waals surface area contributed by atoms with Crippen LogP contribution in [0.4, 0.5) is 0 Å². The number of aliphatic carboxylic acids is 1. The molecule has 1 aliphatic rings. The van der Waals surface area contributed by atoms with Gasteiger partial charge in [-0.15, -0.1) is 0 Å². The zero-order valence-corrected chi connectivity index (χ0v) is 14.7. The van der Waals surface area contributed by atoms with E-state index in [0.29, 0.717) is 25.9 Å². The number of carbonyl (C=O) groups excluding carboxylic acids is 3. The number of amides is 2. The number of carbonyl (C=O) groups is 4. The molecule has 26 heavy (non-hydrogen) atoms. The zero-order valence-electron chi connectivity index (χ0n) is 14.7. The van der Waals surface area contributed by atoms with E-state index in [4.69, 9.17) is 5.11 Å². The maximum absolute atomic E-state index is 12.3. The van der Waals surface area contributed by atoms with Crippen molar-refractivity contribution in [1.82, 2.24) is 9.80 Å². The Morgan fingerprint density at radius 2 is 1.81 bits per heavy atom. The average molecular weight is 364 g/mol. The normalized spacial score (nSPS) is 15.9. The van der Waals surface area contributed by atoms with Gasteiger partial charge in [-0.1, -0.05) is 30.3 Å². The lowest BCUT2D eigenvalue weighted by Gasteiger charge is -2.23. The number of rotatable bonds is 7. The fourth-order valence-corrected chi connectivity index (χ4v) is 2.97. The molecule has 0 spiro atoms. The van der Waals surface area contributed by atoms with E-state index in [1.165, 1.54) is 4.90 Å². The molecule has 0 bridgehead atoms. The first kappa shape index (κ1) is 21.3. The van der Waals surface area contributed by atoms with Crippen LogP contribution in [0.2, 0.25) is 0 Å². The topological polar surface area (TPSA) is 126 Å². The van der Waals surface area contributed by atoms with Gasteiger partial charge < -0.3 is 20.4 Å². The highest BCUT2D eigenvalue weighted by atomic mass is 16.4. The first-order chi connectivity index (χ1) is 11.9. The summed E-state index contributed by atoms with van der Waals surface area (Å²) in [5, 5.41) is 8.82. The lowest BCUT2D eigenvalue weighted by atomic mass is 10.1. The van der Waals surface area contributed by atoms with E-state index in [0.717, 1.165) is 5.56 Å². The summed E-state index contributed by atoms with van der Waals surface area (Å²) in [6.07, 6.45) is 0.962.